The summed E-state index contributed by atoms with van der Waals surface area (Å²) in [5.74, 6) is -2.23. The van der Waals surface area contributed by atoms with Crippen molar-refractivity contribution in [3.8, 4) is 0 Å². The smallest absolute Gasteiger partial charge is 0.303 e. The molecule has 6 N–H and O–H groups in total. The number of carbonyl (C=O) groups is 4. The molecule has 1 fully saturated rings. The lowest BCUT2D eigenvalue weighted by molar-refractivity contribution is -0.231. The van der Waals surface area contributed by atoms with Crippen molar-refractivity contribution in [1.82, 2.24) is 15.5 Å². The molecule has 0 saturated carbocycles. The predicted octanol–water partition coefficient (Wildman–Crippen LogP) is 11.0. The van der Waals surface area contributed by atoms with Crippen LogP contribution in [0.1, 0.15) is 259 Å². The van der Waals surface area contributed by atoms with Crippen molar-refractivity contribution < 1.29 is 44.3 Å². The highest BCUT2D eigenvalue weighted by atomic mass is 16.5. The second kappa shape index (κ2) is 40.8. The van der Waals surface area contributed by atoms with Gasteiger partial charge in [0.1, 0.15) is 30.4 Å². The molecule has 0 radical (unpaired) electrons. The molecule has 1 heterocycles. The number of aliphatic hydroxyl groups excluding tert-OH is 3. The summed E-state index contributed by atoms with van der Waals surface area (Å²) in [6.45, 7) is 8.08. The van der Waals surface area contributed by atoms with Gasteiger partial charge in [0.15, 0.2) is 6.23 Å². The molecule has 0 bridgehead atoms. The maximum absolute atomic E-state index is 14.2. The number of aliphatic carboxylic acids is 1. The minimum atomic E-state index is -1.56. The van der Waals surface area contributed by atoms with Gasteiger partial charge in [-0.15, -0.1) is 0 Å². The Balaban J connectivity index is 2.88. The minimum Gasteiger partial charge on any atom is -0.481 e. The SMILES string of the molecule is CCCCCCCCCCCCCCCCCCN(C(=O)CCCCCCCCCCCCCCCCC)[C@@H]1O[C@H](CO)[C@@H](O)[C@H](O)[C@H]1NC(=O)[C@H](CC(C)C)NC(=O)CCCC(=O)O. The molecule has 0 unspecified atom stereocenters. The lowest BCUT2D eigenvalue weighted by Gasteiger charge is -2.47. The molecule has 0 aromatic rings. The van der Waals surface area contributed by atoms with E-state index < -0.39 is 61.0 Å². The molecule has 0 aliphatic carbocycles. The van der Waals surface area contributed by atoms with Gasteiger partial charge in [0.05, 0.1) is 6.61 Å². The standard InChI is InChI=1S/C53H101N3O9/c1-5-7-9-11-13-15-17-19-21-23-25-27-29-31-33-35-40-56(47(59)38-34-32-30-28-26-24-22-20-18-16-14-12-10-8-6-2)53-49(51(63)50(62)45(42-57)65-53)55-52(64)44(41-43(3)4)54-46(58)37-36-39-48(60)61/h43-45,49-51,53,57,62-63H,5-42H2,1-4H3,(H,54,58)(H,55,64)(H,60,61)/t44-,45+,49+,50+,51+,53+/m0/s1. The Morgan fingerprint density at radius 1 is 0.554 bits per heavy atom. The molecule has 1 rings (SSSR count). The van der Waals surface area contributed by atoms with Crippen molar-refractivity contribution in [3.05, 3.63) is 0 Å². The lowest BCUT2D eigenvalue weighted by atomic mass is 9.93. The van der Waals surface area contributed by atoms with Gasteiger partial charge in [-0.1, -0.05) is 214 Å². The van der Waals surface area contributed by atoms with E-state index in [1.54, 1.807) is 4.90 Å². The molecule has 12 heteroatoms. The van der Waals surface area contributed by atoms with Crippen LogP contribution in [-0.2, 0) is 23.9 Å². The van der Waals surface area contributed by atoms with Crippen LogP contribution in [0.25, 0.3) is 0 Å². The number of nitrogens with one attached hydrogen (secondary N) is 2. The summed E-state index contributed by atoms with van der Waals surface area (Å²) >= 11 is 0. The molecule has 3 amide bonds. The summed E-state index contributed by atoms with van der Waals surface area (Å²) in [6.07, 6.45) is 32.9. The summed E-state index contributed by atoms with van der Waals surface area (Å²) in [6, 6.07) is -2.23. The maximum atomic E-state index is 14.2. The maximum Gasteiger partial charge on any atom is 0.303 e. The molecule has 1 aliphatic rings. The van der Waals surface area contributed by atoms with Gasteiger partial charge >= 0.3 is 5.97 Å². The van der Waals surface area contributed by atoms with Crippen LogP contribution < -0.4 is 10.6 Å². The third kappa shape index (κ3) is 30.7. The molecule has 1 aliphatic heterocycles. The summed E-state index contributed by atoms with van der Waals surface area (Å²) in [5.41, 5.74) is 0. The second-order valence-electron chi connectivity index (χ2n) is 19.9. The van der Waals surface area contributed by atoms with E-state index in [1.807, 2.05) is 13.8 Å². The van der Waals surface area contributed by atoms with E-state index in [0.717, 1.165) is 38.5 Å². The first kappa shape index (κ1) is 60.7. The predicted molar refractivity (Wildman–Crippen MR) is 263 cm³/mol. The Hall–Kier alpha value is -2.28. The Morgan fingerprint density at radius 3 is 1.37 bits per heavy atom. The van der Waals surface area contributed by atoms with E-state index in [2.05, 4.69) is 24.5 Å². The van der Waals surface area contributed by atoms with Gasteiger partial charge in [0.25, 0.3) is 0 Å². The molecule has 6 atom stereocenters. The van der Waals surface area contributed by atoms with Gasteiger partial charge in [-0.3, -0.25) is 19.2 Å². The average Bonchev–Trinajstić information content (AvgIpc) is 3.27. The van der Waals surface area contributed by atoms with Gasteiger partial charge in [0, 0.05) is 25.8 Å². The van der Waals surface area contributed by atoms with E-state index in [9.17, 15) is 34.5 Å². The van der Waals surface area contributed by atoms with Crippen LogP contribution in [0.15, 0.2) is 0 Å². The highest BCUT2D eigenvalue weighted by molar-refractivity contribution is 5.88. The number of carboxylic acids is 1. The zero-order valence-electron chi connectivity index (χ0n) is 42.2. The highest BCUT2D eigenvalue weighted by Crippen LogP contribution is 2.27. The number of nitrogens with zero attached hydrogens (tertiary/aromatic N) is 1. The molecule has 1 saturated heterocycles. The fourth-order valence-corrected chi connectivity index (χ4v) is 9.17. The topological polar surface area (TPSA) is 186 Å². The number of hydrogen-bond donors (Lipinski definition) is 6. The minimum absolute atomic E-state index is 0.000594. The quantitative estimate of drug-likeness (QED) is 0.0324. The van der Waals surface area contributed by atoms with Crippen LogP contribution in [0, 0.1) is 5.92 Å². The normalized spacial score (nSPS) is 19.0. The Morgan fingerprint density at radius 2 is 0.969 bits per heavy atom. The van der Waals surface area contributed by atoms with Gasteiger partial charge in [-0.05, 0) is 31.6 Å². The van der Waals surface area contributed by atoms with E-state index in [4.69, 9.17) is 9.84 Å². The zero-order valence-corrected chi connectivity index (χ0v) is 42.2. The first-order valence-electron chi connectivity index (χ1n) is 27.2. The van der Waals surface area contributed by atoms with E-state index in [1.165, 1.54) is 148 Å². The molecule has 0 aromatic carbocycles. The molecule has 12 nitrogen and oxygen atoms in total. The van der Waals surface area contributed by atoms with Crippen LogP contribution in [0.3, 0.4) is 0 Å². The molecular formula is C53H101N3O9. The Bertz CT molecular complexity index is 1190. The number of amides is 3. The number of carboxylic acid groups (broad SMARTS) is 1. The van der Waals surface area contributed by atoms with E-state index in [-0.39, 0.29) is 43.9 Å². The number of carbonyl (C=O) groups excluding carboxylic acids is 3. The number of hydrogen-bond acceptors (Lipinski definition) is 8. The van der Waals surface area contributed by atoms with Gasteiger partial charge in [0.2, 0.25) is 17.7 Å². The summed E-state index contributed by atoms with van der Waals surface area (Å²) in [7, 11) is 0. The van der Waals surface area contributed by atoms with E-state index >= 15 is 0 Å². The fraction of sp³-hybridized carbons (Fsp3) is 0.925. The molecular weight excluding hydrogens is 823 g/mol. The van der Waals surface area contributed by atoms with Crippen molar-refractivity contribution in [2.45, 2.75) is 295 Å². The van der Waals surface area contributed by atoms with Crippen molar-refractivity contribution in [1.29, 1.82) is 0 Å². The van der Waals surface area contributed by atoms with Crippen LogP contribution in [0.4, 0.5) is 0 Å². The molecule has 0 aromatic heterocycles. The third-order valence-electron chi connectivity index (χ3n) is 13.2. The number of unbranched alkanes of at least 4 members (excludes halogenated alkanes) is 29. The number of rotatable bonds is 44. The van der Waals surface area contributed by atoms with Gasteiger partial charge in [-0.2, -0.15) is 0 Å². The van der Waals surface area contributed by atoms with Crippen molar-refractivity contribution >= 4 is 23.7 Å². The Kier molecular flexibility index (Phi) is 38.1. The zero-order chi connectivity index (χ0) is 47.9. The van der Waals surface area contributed by atoms with Gasteiger partial charge in [-0.25, -0.2) is 0 Å². The van der Waals surface area contributed by atoms with Crippen molar-refractivity contribution in [3.63, 3.8) is 0 Å². The van der Waals surface area contributed by atoms with Crippen LogP contribution >= 0.6 is 0 Å². The van der Waals surface area contributed by atoms with E-state index in [0.29, 0.717) is 19.4 Å². The third-order valence-corrected chi connectivity index (χ3v) is 13.2. The van der Waals surface area contributed by atoms with Gasteiger partial charge < -0.3 is 40.7 Å². The first-order valence-corrected chi connectivity index (χ1v) is 27.2. The summed E-state index contributed by atoms with van der Waals surface area (Å²) < 4.78 is 6.23. The second-order valence-corrected chi connectivity index (χ2v) is 19.9. The molecule has 382 valence electrons. The van der Waals surface area contributed by atoms with Crippen LogP contribution in [-0.4, -0.2) is 98.8 Å². The van der Waals surface area contributed by atoms with Crippen molar-refractivity contribution in [2.75, 3.05) is 13.2 Å². The molecule has 0 spiro atoms. The monoisotopic (exact) mass is 924 g/mol. The number of ether oxygens (including phenoxy) is 1. The fourth-order valence-electron chi connectivity index (χ4n) is 9.17. The lowest BCUT2D eigenvalue weighted by Crippen LogP contribution is -2.70. The average molecular weight is 924 g/mol. The summed E-state index contributed by atoms with van der Waals surface area (Å²) in [4.78, 5) is 53.5. The van der Waals surface area contributed by atoms with Crippen LogP contribution in [0.5, 0.6) is 0 Å². The summed E-state index contributed by atoms with van der Waals surface area (Å²) in [5, 5.41) is 47.3. The van der Waals surface area contributed by atoms with Crippen LogP contribution in [0.2, 0.25) is 0 Å². The number of aliphatic hydroxyl groups is 3. The largest absolute Gasteiger partial charge is 0.481 e. The highest BCUT2D eigenvalue weighted by Gasteiger charge is 2.48. The molecule has 65 heavy (non-hydrogen) atoms. The first-order chi connectivity index (χ1) is 31.5. The Labute approximate surface area is 397 Å². The van der Waals surface area contributed by atoms with Crippen molar-refractivity contribution in [2.24, 2.45) is 5.92 Å².